The van der Waals surface area contributed by atoms with Crippen molar-refractivity contribution in [3.63, 3.8) is 0 Å². The van der Waals surface area contributed by atoms with Crippen LogP contribution in [-0.2, 0) is 24.2 Å². The van der Waals surface area contributed by atoms with Gasteiger partial charge in [-0.05, 0) is 128 Å². The molecule has 0 bridgehead atoms. The number of carbonyl (C=O) groups excluding carboxylic acids is 1. The lowest BCUT2D eigenvalue weighted by Gasteiger charge is -2.38. The minimum atomic E-state index is 0.107. The maximum Gasteiger partial charge on any atom is 0.223 e. The molecule has 3 heterocycles. The predicted octanol–water partition coefficient (Wildman–Crippen LogP) is 7.74. The quantitative estimate of drug-likeness (QED) is 0.294. The van der Waals surface area contributed by atoms with Crippen LogP contribution >= 0.6 is 15.9 Å². The lowest BCUT2D eigenvalue weighted by Crippen LogP contribution is -2.44. The highest BCUT2D eigenvalue weighted by Crippen LogP contribution is 2.38. The number of pyridine rings is 1. The van der Waals surface area contributed by atoms with Crippen molar-refractivity contribution in [3.8, 4) is 0 Å². The molecule has 1 unspecified atom stereocenters. The van der Waals surface area contributed by atoms with E-state index in [4.69, 9.17) is 4.98 Å². The molecule has 1 atom stereocenters. The molecular weight excluding hydrogens is 608 g/mol. The van der Waals surface area contributed by atoms with Crippen molar-refractivity contribution in [1.29, 1.82) is 0 Å². The Morgan fingerprint density at radius 2 is 1.61 bits per heavy atom. The minimum absolute atomic E-state index is 0.107. The Bertz CT molecular complexity index is 1300. The molecule has 3 aromatic rings. The summed E-state index contributed by atoms with van der Waals surface area (Å²) in [6.07, 6.45) is 8.14. The molecule has 0 saturated carbocycles. The third-order valence-corrected chi connectivity index (χ3v) is 9.70. The van der Waals surface area contributed by atoms with Gasteiger partial charge in [0.05, 0.1) is 11.7 Å². The molecule has 1 aromatic heterocycles. The summed E-state index contributed by atoms with van der Waals surface area (Å²) in [5.41, 5.74) is 8.05. The Morgan fingerprint density at radius 1 is 0.932 bits per heavy atom. The van der Waals surface area contributed by atoms with Crippen molar-refractivity contribution < 1.29 is 4.79 Å². The van der Waals surface area contributed by atoms with E-state index in [2.05, 4.69) is 113 Å². The van der Waals surface area contributed by atoms with Gasteiger partial charge in [0.1, 0.15) is 0 Å². The van der Waals surface area contributed by atoms with Crippen LogP contribution in [0.3, 0.4) is 0 Å². The summed E-state index contributed by atoms with van der Waals surface area (Å²) in [6, 6.07) is 20.1. The number of fused-ring (bicyclic) bond motifs is 2. The lowest BCUT2D eigenvalue weighted by molar-refractivity contribution is -0.126. The zero-order valence-corrected chi connectivity index (χ0v) is 28.8. The number of nitrogens with zero attached hydrogens (tertiary/aromatic N) is 3. The smallest absolute Gasteiger partial charge is 0.223 e. The molecule has 6 heteroatoms. The summed E-state index contributed by atoms with van der Waals surface area (Å²) < 4.78 is 1.05. The van der Waals surface area contributed by atoms with E-state index in [1.54, 1.807) is 0 Å². The number of aryl methyl sites for hydroxylation is 3. The Labute approximate surface area is 274 Å². The van der Waals surface area contributed by atoms with E-state index in [0.29, 0.717) is 5.92 Å². The van der Waals surface area contributed by atoms with E-state index in [-0.39, 0.29) is 17.9 Å². The molecule has 0 radical (unpaired) electrons. The molecule has 5 nitrogen and oxygen atoms in total. The average Bonchev–Trinajstić information content (AvgIpc) is 3.17. The van der Waals surface area contributed by atoms with Crippen LogP contribution in [0.25, 0.3) is 0 Å². The molecule has 6 rings (SSSR count). The number of amides is 1. The highest BCUT2D eigenvalue weighted by Gasteiger charge is 2.34. The molecule has 236 valence electrons. The summed E-state index contributed by atoms with van der Waals surface area (Å²) in [5, 5.41) is 3.34. The summed E-state index contributed by atoms with van der Waals surface area (Å²) >= 11 is 3.64. The van der Waals surface area contributed by atoms with Crippen LogP contribution in [0.15, 0.2) is 65.3 Å². The molecule has 0 spiro atoms. The molecule has 2 aliphatic heterocycles. The van der Waals surface area contributed by atoms with E-state index in [1.807, 2.05) is 6.20 Å². The number of likely N-dealkylation sites (tertiary alicyclic amines) is 2. The van der Waals surface area contributed by atoms with Crippen molar-refractivity contribution in [2.75, 3.05) is 32.7 Å². The van der Waals surface area contributed by atoms with Crippen LogP contribution < -0.4 is 5.32 Å². The number of nitrogens with one attached hydrogen (secondary N) is 1. The van der Waals surface area contributed by atoms with E-state index >= 15 is 0 Å². The first-order chi connectivity index (χ1) is 21.3. The third kappa shape index (κ3) is 8.80. The monoisotopic (exact) mass is 658 g/mol. The van der Waals surface area contributed by atoms with Crippen LogP contribution in [0.2, 0.25) is 0 Å². The normalized spacial score (nSPS) is 19.8. The van der Waals surface area contributed by atoms with Crippen LogP contribution in [0, 0.1) is 24.7 Å². The van der Waals surface area contributed by atoms with Gasteiger partial charge in [-0.15, -0.1) is 0 Å². The number of hydrogen-bond acceptors (Lipinski definition) is 4. The predicted molar refractivity (Wildman–Crippen MR) is 185 cm³/mol. The first-order valence-electron chi connectivity index (χ1n) is 16.8. The maximum absolute atomic E-state index is 13.2. The molecule has 1 N–H and O–H groups in total. The van der Waals surface area contributed by atoms with Gasteiger partial charge in [-0.25, -0.2) is 0 Å². The van der Waals surface area contributed by atoms with Gasteiger partial charge in [-0.2, -0.15) is 0 Å². The highest BCUT2D eigenvalue weighted by molar-refractivity contribution is 9.10. The second-order valence-electron chi connectivity index (χ2n) is 13.8. The van der Waals surface area contributed by atoms with Crippen LogP contribution in [0.1, 0.15) is 86.0 Å². The molecule has 1 amide bonds. The summed E-state index contributed by atoms with van der Waals surface area (Å²) in [4.78, 5) is 23.3. The standard InChI is InChI=1S/C34H41BrN4O.C4H10/c1-24-7-10-31-28(19-24)8-9-29-20-30(35)22-36-32(29)33(31)39-17-13-27(14-18-39)34(40)37-21-25-11-15-38(16-12-25)23-26-5-3-2-4-6-26;1-4(2)3/h2-7,10,19-20,22,25,27,33H,8-9,11-18,21,23H2,1H3,(H,37,40);4H,1-3H3. The van der Waals surface area contributed by atoms with Gasteiger partial charge in [0.25, 0.3) is 0 Å². The number of piperidine rings is 2. The van der Waals surface area contributed by atoms with E-state index < -0.39 is 0 Å². The molecule has 2 saturated heterocycles. The summed E-state index contributed by atoms with van der Waals surface area (Å²) in [7, 11) is 0. The van der Waals surface area contributed by atoms with Gasteiger partial charge in [-0.1, -0.05) is 74.9 Å². The van der Waals surface area contributed by atoms with E-state index in [0.717, 1.165) is 88.2 Å². The second-order valence-corrected chi connectivity index (χ2v) is 14.7. The van der Waals surface area contributed by atoms with Crippen LogP contribution in [0.5, 0.6) is 0 Å². The van der Waals surface area contributed by atoms with E-state index in [1.165, 1.54) is 33.5 Å². The largest absolute Gasteiger partial charge is 0.356 e. The van der Waals surface area contributed by atoms with Gasteiger partial charge >= 0.3 is 0 Å². The molecule has 44 heavy (non-hydrogen) atoms. The molecule has 2 aromatic carbocycles. The highest BCUT2D eigenvalue weighted by atomic mass is 79.9. The second kappa shape index (κ2) is 15.6. The fourth-order valence-electron chi connectivity index (χ4n) is 6.94. The first kappa shape index (κ1) is 32.8. The fourth-order valence-corrected chi connectivity index (χ4v) is 7.32. The van der Waals surface area contributed by atoms with Crippen molar-refractivity contribution in [2.24, 2.45) is 17.8 Å². The van der Waals surface area contributed by atoms with Crippen molar-refractivity contribution in [3.05, 3.63) is 98.8 Å². The minimum Gasteiger partial charge on any atom is -0.356 e. The first-order valence-corrected chi connectivity index (χ1v) is 17.6. The fraction of sp³-hybridized carbons (Fsp3) is 0.526. The molecule has 3 aliphatic rings. The van der Waals surface area contributed by atoms with Gasteiger partial charge < -0.3 is 5.32 Å². The van der Waals surface area contributed by atoms with Gasteiger partial charge in [0, 0.05) is 29.7 Å². The number of benzene rings is 2. The Morgan fingerprint density at radius 3 is 2.32 bits per heavy atom. The Kier molecular flexibility index (Phi) is 11.7. The maximum atomic E-state index is 13.2. The van der Waals surface area contributed by atoms with Crippen LogP contribution in [0.4, 0.5) is 0 Å². The zero-order chi connectivity index (χ0) is 31.1. The molecular formula is C38H51BrN4O. The van der Waals surface area contributed by atoms with Crippen molar-refractivity contribution in [2.45, 2.75) is 78.8 Å². The molecule has 1 aliphatic carbocycles. The van der Waals surface area contributed by atoms with Gasteiger partial charge in [0.2, 0.25) is 5.91 Å². The van der Waals surface area contributed by atoms with Crippen molar-refractivity contribution in [1.82, 2.24) is 20.1 Å². The number of hydrogen-bond donors (Lipinski definition) is 1. The number of halogens is 1. The van der Waals surface area contributed by atoms with E-state index in [9.17, 15) is 4.79 Å². The molecule has 2 fully saturated rings. The Balaban J connectivity index is 0.000000906. The summed E-state index contributed by atoms with van der Waals surface area (Å²) in [6.45, 7) is 14.6. The topological polar surface area (TPSA) is 48.5 Å². The van der Waals surface area contributed by atoms with Crippen molar-refractivity contribution >= 4 is 21.8 Å². The van der Waals surface area contributed by atoms with Gasteiger partial charge in [0.15, 0.2) is 0 Å². The number of carbonyl (C=O) groups is 1. The van der Waals surface area contributed by atoms with Gasteiger partial charge in [-0.3, -0.25) is 19.6 Å². The zero-order valence-electron chi connectivity index (χ0n) is 27.2. The summed E-state index contributed by atoms with van der Waals surface area (Å²) in [5.74, 6) is 1.78. The average molecular weight is 660 g/mol. The Hall–Kier alpha value is -2.54. The SMILES string of the molecule is CC(C)C.Cc1ccc2c(c1)CCc1cc(Br)cnc1C2N1CCC(C(=O)NCC2CCN(Cc3ccccc3)CC2)CC1. The number of rotatable bonds is 6. The van der Waals surface area contributed by atoms with Crippen LogP contribution in [-0.4, -0.2) is 53.4 Å². The lowest BCUT2D eigenvalue weighted by atomic mass is 9.90. The number of aromatic nitrogens is 1. The third-order valence-electron chi connectivity index (χ3n) is 9.27.